The Balaban J connectivity index is 2.65. The average molecular weight is 236 g/mol. The van der Waals surface area contributed by atoms with Crippen molar-refractivity contribution < 1.29 is 4.74 Å². The normalized spacial score (nSPS) is 11.5. The fourth-order valence-electron chi connectivity index (χ4n) is 2.07. The summed E-state index contributed by atoms with van der Waals surface area (Å²) < 4.78 is 5.13. The topological polar surface area (TPSA) is 34.1 Å². The second-order valence-corrected chi connectivity index (χ2v) is 4.37. The zero-order valence-corrected chi connectivity index (χ0v) is 11.4. The van der Waals surface area contributed by atoms with Gasteiger partial charge in [-0.15, -0.1) is 0 Å². The van der Waals surface area contributed by atoms with E-state index in [9.17, 15) is 0 Å². The molecule has 0 atom stereocenters. The first kappa shape index (κ1) is 14.0. The first-order valence-electron chi connectivity index (χ1n) is 6.44. The fraction of sp³-hybridized carbons (Fsp3) is 0.643. The maximum absolute atomic E-state index is 5.13. The smallest absolute Gasteiger partial charge is 0.213 e. The Morgan fingerprint density at radius 1 is 1.18 bits per heavy atom. The van der Waals surface area contributed by atoms with Crippen molar-refractivity contribution in [2.24, 2.45) is 0 Å². The third-order valence-corrected chi connectivity index (χ3v) is 3.67. The molecular weight excluding hydrogens is 212 g/mol. The van der Waals surface area contributed by atoms with Crippen molar-refractivity contribution in [2.45, 2.75) is 52.1 Å². The Bertz CT molecular complexity index is 326. The highest BCUT2D eigenvalue weighted by molar-refractivity contribution is 5.15. The molecule has 0 aliphatic carbocycles. The standard InChI is InChI=1S/C14H24N2O/c1-5-14(6-2,7-3)15-11-12-9-8-10-13(16-12)17-4/h8-10,15H,5-7,11H2,1-4H3. The van der Waals surface area contributed by atoms with Gasteiger partial charge in [-0.2, -0.15) is 0 Å². The Morgan fingerprint density at radius 2 is 1.82 bits per heavy atom. The van der Waals surface area contributed by atoms with E-state index >= 15 is 0 Å². The van der Waals surface area contributed by atoms with Crippen LogP contribution in [0, 0.1) is 0 Å². The molecule has 96 valence electrons. The highest BCUT2D eigenvalue weighted by Gasteiger charge is 2.22. The number of hydrogen-bond donors (Lipinski definition) is 1. The Labute approximate surface area is 105 Å². The van der Waals surface area contributed by atoms with Crippen molar-refractivity contribution in [3.05, 3.63) is 23.9 Å². The van der Waals surface area contributed by atoms with Gasteiger partial charge in [0.2, 0.25) is 5.88 Å². The molecule has 0 unspecified atom stereocenters. The molecule has 1 heterocycles. The van der Waals surface area contributed by atoms with Crippen LogP contribution in [0.25, 0.3) is 0 Å². The molecule has 0 aliphatic rings. The SMILES string of the molecule is CCC(CC)(CC)NCc1cccc(OC)n1. The van der Waals surface area contributed by atoms with E-state index in [1.54, 1.807) is 7.11 Å². The van der Waals surface area contributed by atoms with E-state index < -0.39 is 0 Å². The third kappa shape index (κ3) is 3.70. The summed E-state index contributed by atoms with van der Waals surface area (Å²) >= 11 is 0. The van der Waals surface area contributed by atoms with E-state index in [4.69, 9.17) is 4.74 Å². The van der Waals surface area contributed by atoms with E-state index in [0.29, 0.717) is 5.88 Å². The molecule has 3 nitrogen and oxygen atoms in total. The van der Waals surface area contributed by atoms with Crippen molar-refractivity contribution in [3.8, 4) is 5.88 Å². The number of methoxy groups -OCH3 is 1. The molecule has 0 fully saturated rings. The molecule has 0 amide bonds. The third-order valence-electron chi connectivity index (χ3n) is 3.67. The summed E-state index contributed by atoms with van der Waals surface area (Å²) in [6.07, 6.45) is 3.43. The monoisotopic (exact) mass is 236 g/mol. The van der Waals surface area contributed by atoms with Gasteiger partial charge in [0, 0.05) is 18.2 Å². The molecule has 0 aromatic carbocycles. The minimum absolute atomic E-state index is 0.241. The molecular formula is C14H24N2O. The summed E-state index contributed by atoms with van der Waals surface area (Å²) in [6, 6.07) is 5.88. The molecule has 0 bridgehead atoms. The maximum atomic E-state index is 5.13. The molecule has 1 N–H and O–H groups in total. The van der Waals surface area contributed by atoms with Crippen LogP contribution in [0.3, 0.4) is 0 Å². The second-order valence-electron chi connectivity index (χ2n) is 4.37. The minimum Gasteiger partial charge on any atom is -0.481 e. The summed E-state index contributed by atoms with van der Waals surface area (Å²) in [7, 11) is 1.65. The van der Waals surface area contributed by atoms with Crippen molar-refractivity contribution in [1.29, 1.82) is 0 Å². The lowest BCUT2D eigenvalue weighted by molar-refractivity contribution is 0.286. The summed E-state index contributed by atoms with van der Waals surface area (Å²) in [6.45, 7) is 7.50. The molecule has 0 radical (unpaired) electrons. The molecule has 1 aromatic heterocycles. The zero-order valence-electron chi connectivity index (χ0n) is 11.4. The van der Waals surface area contributed by atoms with E-state index in [2.05, 4.69) is 31.1 Å². The number of rotatable bonds is 7. The maximum Gasteiger partial charge on any atom is 0.213 e. The van der Waals surface area contributed by atoms with Crippen molar-refractivity contribution >= 4 is 0 Å². The predicted molar refractivity (Wildman–Crippen MR) is 71.2 cm³/mol. The second kappa shape index (κ2) is 6.60. The lowest BCUT2D eigenvalue weighted by Crippen LogP contribution is -2.43. The van der Waals surface area contributed by atoms with Crippen LogP contribution in [0.5, 0.6) is 5.88 Å². The van der Waals surface area contributed by atoms with Crippen LogP contribution in [-0.2, 0) is 6.54 Å². The lowest BCUT2D eigenvalue weighted by Gasteiger charge is -2.31. The van der Waals surface area contributed by atoms with Crippen LogP contribution in [0.1, 0.15) is 45.7 Å². The lowest BCUT2D eigenvalue weighted by atomic mass is 9.90. The highest BCUT2D eigenvalue weighted by atomic mass is 16.5. The van der Waals surface area contributed by atoms with Gasteiger partial charge in [0.1, 0.15) is 0 Å². The van der Waals surface area contributed by atoms with E-state index in [-0.39, 0.29) is 5.54 Å². The molecule has 17 heavy (non-hydrogen) atoms. The first-order valence-corrected chi connectivity index (χ1v) is 6.44. The highest BCUT2D eigenvalue weighted by Crippen LogP contribution is 2.20. The van der Waals surface area contributed by atoms with Gasteiger partial charge in [0.15, 0.2) is 0 Å². The number of hydrogen-bond acceptors (Lipinski definition) is 3. The first-order chi connectivity index (χ1) is 8.19. The molecule has 0 saturated carbocycles. The molecule has 3 heteroatoms. The van der Waals surface area contributed by atoms with E-state index in [0.717, 1.165) is 31.5 Å². The van der Waals surface area contributed by atoms with Crippen LogP contribution >= 0.6 is 0 Å². The molecule has 0 aliphatic heterocycles. The van der Waals surface area contributed by atoms with Gasteiger partial charge in [-0.1, -0.05) is 26.8 Å². The number of nitrogens with zero attached hydrogens (tertiary/aromatic N) is 1. The molecule has 0 spiro atoms. The fourth-order valence-corrected chi connectivity index (χ4v) is 2.07. The molecule has 1 rings (SSSR count). The quantitative estimate of drug-likeness (QED) is 0.789. The van der Waals surface area contributed by atoms with Crippen molar-refractivity contribution in [1.82, 2.24) is 10.3 Å². The van der Waals surface area contributed by atoms with E-state index in [1.807, 2.05) is 18.2 Å². The summed E-state index contributed by atoms with van der Waals surface area (Å²) in [5.41, 5.74) is 1.27. The summed E-state index contributed by atoms with van der Waals surface area (Å²) in [4.78, 5) is 4.41. The van der Waals surface area contributed by atoms with Crippen molar-refractivity contribution in [3.63, 3.8) is 0 Å². The number of ether oxygens (including phenoxy) is 1. The Morgan fingerprint density at radius 3 is 2.35 bits per heavy atom. The van der Waals surface area contributed by atoms with Crippen molar-refractivity contribution in [2.75, 3.05) is 7.11 Å². The van der Waals surface area contributed by atoms with E-state index in [1.165, 1.54) is 0 Å². The summed E-state index contributed by atoms with van der Waals surface area (Å²) in [5.74, 6) is 0.680. The summed E-state index contributed by atoms with van der Waals surface area (Å²) in [5, 5.41) is 3.63. The minimum atomic E-state index is 0.241. The van der Waals surface area contributed by atoms with Gasteiger partial charge in [0.25, 0.3) is 0 Å². The molecule has 1 aromatic rings. The molecule has 0 saturated heterocycles. The van der Waals surface area contributed by atoms with Gasteiger partial charge in [-0.3, -0.25) is 0 Å². The Kier molecular flexibility index (Phi) is 5.42. The Hall–Kier alpha value is -1.09. The van der Waals surface area contributed by atoms with Crippen LogP contribution in [0.2, 0.25) is 0 Å². The van der Waals surface area contributed by atoms with Gasteiger partial charge in [0.05, 0.1) is 12.8 Å². The van der Waals surface area contributed by atoms with Crippen LogP contribution in [-0.4, -0.2) is 17.6 Å². The van der Waals surface area contributed by atoms with Gasteiger partial charge >= 0.3 is 0 Å². The zero-order chi connectivity index (χ0) is 12.7. The average Bonchev–Trinajstić information content (AvgIpc) is 2.41. The predicted octanol–water partition coefficient (Wildman–Crippen LogP) is 3.15. The number of pyridine rings is 1. The van der Waals surface area contributed by atoms with Crippen LogP contribution < -0.4 is 10.1 Å². The van der Waals surface area contributed by atoms with Gasteiger partial charge in [-0.25, -0.2) is 4.98 Å². The number of nitrogens with one attached hydrogen (secondary N) is 1. The van der Waals surface area contributed by atoms with Gasteiger partial charge in [-0.05, 0) is 25.3 Å². The largest absolute Gasteiger partial charge is 0.481 e. The van der Waals surface area contributed by atoms with Crippen LogP contribution in [0.15, 0.2) is 18.2 Å². The van der Waals surface area contributed by atoms with Gasteiger partial charge < -0.3 is 10.1 Å². The van der Waals surface area contributed by atoms with Crippen LogP contribution in [0.4, 0.5) is 0 Å². The number of aromatic nitrogens is 1.